The second-order valence-electron chi connectivity index (χ2n) is 5.74. The van der Waals surface area contributed by atoms with Gasteiger partial charge in [-0.05, 0) is 49.7 Å². The van der Waals surface area contributed by atoms with Crippen LogP contribution in [0.2, 0.25) is 0 Å². The van der Waals surface area contributed by atoms with Gasteiger partial charge in [-0.2, -0.15) is 0 Å². The van der Waals surface area contributed by atoms with Gasteiger partial charge >= 0.3 is 5.97 Å². The van der Waals surface area contributed by atoms with Crippen LogP contribution < -0.4 is 10.6 Å². The number of amides is 2. The highest BCUT2D eigenvalue weighted by molar-refractivity contribution is 6.05. The van der Waals surface area contributed by atoms with Crippen LogP contribution in [0.5, 0.6) is 0 Å². The smallest absolute Gasteiger partial charge is 0.337 e. The van der Waals surface area contributed by atoms with Crippen LogP contribution in [-0.2, 0) is 4.74 Å². The van der Waals surface area contributed by atoms with Crippen molar-refractivity contribution in [1.82, 2.24) is 10.3 Å². The lowest BCUT2D eigenvalue weighted by atomic mass is 10.1. The Bertz CT molecular complexity index is 803. The van der Waals surface area contributed by atoms with Gasteiger partial charge in [0.05, 0.1) is 12.7 Å². The first kappa shape index (κ1) is 19.1. The van der Waals surface area contributed by atoms with Crippen molar-refractivity contribution in [2.75, 3.05) is 12.4 Å². The summed E-state index contributed by atoms with van der Waals surface area (Å²) < 4.78 is 4.63. The standard InChI is InChI=1S/C19H21N3O4/c1-4-12(2)21-18(24)16-11-14(9-10-20-16)17(23)22-15-7-5-13(6-8-15)19(25)26-3/h5-12H,4H2,1-3H3,(H,21,24)(H,22,23). The summed E-state index contributed by atoms with van der Waals surface area (Å²) in [4.78, 5) is 39.9. The van der Waals surface area contributed by atoms with E-state index in [1.54, 1.807) is 24.3 Å². The van der Waals surface area contributed by atoms with Crippen LogP contribution in [0.1, 0.15) is 51.5 Å². The molecule has 2 amide bonds. The monoisotopic (exact) mass is 355 g/mol. The third-order valence-electron chi connectivity index (χ3n) is 3.81. The summed E-state index contributed by atoms with van der Waals surface area (Å²) in [6, 6.07) is 9.30. The van der Waals surface area contributed by atoms with Crippen molar-refractivity contribution >= 4 is 23.5 Å². The first-order valence-electron chi connectivity index (χ1n) is 8.21. The second kappa shape index (κ2) is 8.75. The molecule has 2 N–H and O–H groups in total. The molecule has 2 rings (SSSR count). The van der Waals surface area contributed by atoms with Crippen molar-refractivity contribution in [2.24, 2.45) is 0 Å². The van der Waals surface area contributed by atoms with Crippen LogP contribution in [0.3, 0.4) is 0 Å². The summed E-state index contributed by atoms with van der Waals surface area (Å²) in [6.07, 6.45) is 2.22. The van der Waals surface area contributed by atoms with E-state index in [0.29, 0.717) is 16.8 Å². The van der Waals surface area contributed by atoms with Crippen LogP contribution in [0.4, 0.5) is 5.69 Å². The van der Waals surface area contributed by atoms with E-state index >= 15 is 0 Å². The van der Waals surface area contributed by atoms with E-state index in [0.717, 1.165) is 6.42 Å². The van der Waals surface area contributed by atoms with Crippen LogP contribution >= 0.6 is 0 Å². The van der Waals surface area contributed by atoms with Gasteiger partial charge < -0.3 is 15.4 Å². The van der Waals surface area contributed by atoms with E-state index in [1.165, 1.54) is 25.4 Å². The number of carbonyl (C=O) groups is 3. The van der Waals surface area contributed by atoms with Crippen LogP contribution in [0.25, 0.3) is 0 Å². The molecule has 26 heavy (non-hydrogen) atoms. The number of pyridine rings is 1. The minimum Gasteiger partial charge on any atom is -0.465 e. The largest absolute Gasteiger partial charge is 0.465 e. The van der Waals surface area contributed by atoms with Gasteiger partial charge in [0.15, 0.2) is 0 Å². The predicted octanol–water partition coefficient (Wildman–Crippen LogP) is 2.65. The fourth-order valence-corrected chi connectivity index (χ4v) is 2.11. The zero-order valence-corrected chi connectivity index (χ0v) is 14.9. The van der Waals surface area contributed by atoms with Gasteiger partial charge in [-0.1, -0.05) is 6.92 Å². The minimum absolute atomic E-state index is 0.0232. The van der Waals surface area contributed by atoms with Crippen LogP contribution in [0, 0.1) is 0 Å². The van der Waals surface area contributed by atoms with Gasteiger partial charge in [-0.3, -0.25) is 14.6 Å². The van der Waals surface area contributed by atoms with Crippen molar-refractivity contribution in [2.45, 2.75) is 26.3 Å². The molecule has 0 fully saturated rings. The van der Waals surface area contributed by atoms with E-state index in [2.05, 4.69) is 20.4 Å². The number of aromatic nitrogens is 1. The summed E-state index contributed by atoms with van der Waals surface area (Å²) in [7, 11) is 1.30. The molecule has 7 heteroatoms. The number of nitrogens with one attached hydrogen (secondary N) is 2. The molecule has 1 atom stereocenters. The second-order valence-corrected chi connectivity index (χ2v) is 5.74. The highest BCUT2D eigenvalue weighted by atomic mass is 16.5. The number of rotatable bonds is 6. The fourth-order valence-electron chi connectivity index (χ4n) is 2.11. The molecule has 0 aliphatic heterocycles. The molecule has 0 saturated carbocycles. The minimum atomic E-state index is -0.450. The summed E-state index contributed by atoms with van der Waals surface area (Å²) in [5.74, 6) is -1.15. The Labute approximate surface area is 151 Å². The molecule has 0 radical (unpaired) electrons. The van der Waals surface area contributed by atoms with Gasteiger partial charge in [-0.15, -0.1) is 0 Å². The molecular weight excluding hydrogens is 334 g/mol. The number of nitrogens with zero attached hydrogens (tertiary/aromatic N) is 1. The Balaban J connectivity index is 2.09. The normalized spacial score (nSPS) is 11.3. The van der Waals surface area contributed by atoms with Crippen molar-refractivity contribution < 1.29 is 19.1 Å². The van der Waals surface area contributed by atoms with Gasteiger partial charge in [0, 0.05) is 23.5 Å². The SMILES string of the molecule is CCC(C)NC(=O)c1cc(C(=O)Nc2ccc(C(=O)OC)cc2)ccn1. The number of benzene rings is 1. The molecule has 0 aliphatic carbocycles. The quantitative estimate of drug-likeness (QED) is 0.777. The summed E-state index contributed by atoms with van der Waals surface area (Å²) >= 11 is 0. The molecule has 7 nitrogen and oxygen atoms in total. The summed E-state index contributed by atoms with van der Waals surface area (Å²) in [5, 5.41) is 5.52. The predicted molar refractivity (Wildman–Crippen MR) is 97.2 cm³/mol. The zero-order chi connectivity index (χ0) is 19.1. The molecule has 1 unspecified atom stereocenters. The number of ether oxygens (including phenoxy) is 1. The number of hydrogen-bond acceptors (Lipinski definition) is 5. The van der Waals surface area contributed by atoms with Crippen LogP contribution in [-0.4, -0.2) is 35.9 Å². The fraction of sp³-hybridized carbons (Fsp3) is 0.263. The average Bonchev–Trinajstić information content (AvgIpc) is 2.67. The van der Waals surface area contributed by atoms with Gasteiger partial charge in [0.2, 0.25) is 0 Å². The zero-order valence-electron chi connectivity index (χ0n) is 14.9. The first-order chi connectivity index (χ1) is 12.4. The number of hydrogen-bond donors (Lipinski definition) is 2. The third kappa shape index (κ3) is 4.89. The van der Waals surface area contributed by atoms with E-state index in [-0.39, 0.29) is 23.6 Å². The summed E-state index contributed by atoms with van der Waals surface area (Å²) in [6.45, 7) is 3.86. The lowest BCUT2D eigenvalue weighted by Crippen LogP contribution is -2.32. The van der Waals surface area contributed by atoms with E-state index in [1.807, 2.05) is 13.8 Å². The number of methoxy groups -OCH3 is 1. The average molecular weight is 355 g/mol. The molecule has 0 aliphatic rings. The highest BCUT2D eigenvalue weighted by Crippen LogP contribution is 2.12. The van der Waals surface area contributed by atoms with Crippen molar-refractivity contribution in [1.29, 1.82) is 0 Å². The van der Waals surface area contributed by atoms with E-state index in [4.69, 9.17) is 0 Å². The van der Waals surface area contributed by atoms with Crippen LogP contribution in [0.15, 0.2) is 42.6 Å². The number of esters is 1. The molecule has 0 bridgehead atoms. The highest BCUT2D eigenvalue weighted by Gasteiger charge is 2.14. The Morgan fingerprint density at radius 2 is 1.77 bits per heavy atom. The molecule has 1 aromatic heterocycles. The maximum atomic E-state index is 12.4. The molecular formula is C19H21N3O4. The third-order valence-corrected chi connectivity index (χ3v) is 3.81. The number of carbonyl (C=O) groups excluding carboxylic acids is 3. The first-order valence-corrected chi connectivity index (χ1v) is 8.21. The van der Waals surface area contributed by atoms with Crippen molar-refractivity contribution in [3.63, 3.8) is 0 Å². The van der Waals surface area contributed by atoms with E-state index < -0.39 is 5.97 Å². The lowest BCUT2D eigenvalue weighted by Gasteiger charge is -2.11. The molecule has 0 spiro atoms. The molecule has 1 aromatic carbocycles. The van der Waals surface area contributed by atoms with Gasteiger partial charge in [0.1, 0.15) is 5.69 Å². The Kier molecular flexibility index (Phi) is 6.43. The van der Waals surface area contributed by atoms with Gasteiger partial charge in [-0.25, -0.2) is 4.79 Å². The lowest BCUT2D eigenvalue weighted by molar-refractivity contribution is 0.0600. The molecule has 2 aromatic rings. The topological polar surface area (TPSA) is 97.4 Å². The van der Waals surface area contributed by atoms with E-state index in [9.17, 15) is 14.4 Å². The molecule has 1 heterocycles. The number of anilines is 1. The van der Waals surface area contributed by atoms with Crippen molar-refractivity contribution in [3.8, 4) is 0 Å². The van der Waals surface area contributed by atoms with Crippen molar-refractivity contribution in [3.05, 3.63) is 59.4 Å². The maximum absolute atomic E-state index is 12.4. The maximum Gasteiger partial charge on any atom is 0.337 e. The Hall–Kier alpha value is -3.22. The Morgan fingerprint density at radius 3 is 2.38 bits per heavy atom. The molecule has 0 saturated heterocycles. The Morgan fingerprint density at radius 1 is 1.08 bits per heavy atom. The van der Waals surface area contributed by atoms with Gasteiger partial charge in [0.25, 0.3) is 11.8 Å². The summed E-state index contributed by atoms with van der Waals surface area (Å²) in [5.41, 5.74) is 1.40. The molecule has 136 valence electrons.